The van der Waals surface area contributed by atoms with Gasteiger partial charge in [-0.2, -0.15) is 0 Å². The second kappa shape index (κ2) is 12.9. The monoisotopic (exact) mass is 456 g/mol. The summed E-state index contributed by atoms with van der Waals surface area (Å²) < 4.78 is 5.51. The molecule has 1 heterocycles. The van der Waals surface area contributed by atoms with Gasteiger partial charge in [0.25, 0.3) is 0 Å². The first kappa shape index (κ1) is 24.7. The minimum Gasteiger partial charge on any atom is -0.508 e. The van der Waals surface area contributed by atoms with E-state index in [-0.39, 0.29) is 18.4 Å². The lowest BCUT2D eigenvalue weighted by Crippen LogP contribution is -2.46. The van der Waals surface area contributed by atoms with Crippen LogP contribution in [0.25, 0.3) is 0 Å². The summed E-state index contributed by atoms with van der Waals surface area (Å²) in [5, 5.41) is 29.0. The van der Waals surface area contributed by atoms with Gasteiger partial charge >= 0.3 is 6.03 Å². The van der Waals surface area contributed by atoms with Crippen LogP contribution in [-0.2, 0) is 6.42 Å². The van der Waals surface area contributed by atoms with E-state index in [4.69, 9.17) is 4.74 Å². The Hall–Kier alpha value is -2.97. The third kappa shape index (κ3) is 8.47. The number of benzene rings is 2. The SMILES string of the molecule is CCNC(=O)N1CCC(Nc2ccc(CCNC[C@H](O)COc3ccc(O)cc3)cc2)CC1. The molecule has 1 atom stereocenters. The highest BCUT2D eigenvalue weighted by Gasteiger charge is 2.22. The molecule has 0 spiro atoms. The van der Waals surface area contributed by atoms with Crippen molar-refractivity contribution in [2.75, 3.05) is 44.6 Å². The van der Waals surface area contributed by atoms with E-state index in [1.54, 1.807) is 24.3 Å². The van der Waals surface area contributed by atoms with E-state index in [0.717, 1.165) is 44.6 Å². The number of aromatic hydroxyl groups is 1. The molecule has 1 aliphatic heterocycles. The van der Waals surface area contributed by atoms with Crippen molar-refractivity contribution in [1.82, 2.24) is 15.5 Å². The van der Waals surface area contributed by atoms with Gasteiger partial charge in [-0.25, -0.2) is 4.79 Å². The number of nitrogens with one attached hydrogen (secondary N) is 3. The highest BCUT2D eigenvalue weighted by molar-refractivity contribution is 5.74. The number of phenols is 1. The Balaban J connectivity index is 1.29. The van der Waals surface area contributed by atoms with Crippen LogP contribution in [0.3, 0.4) is 0 Å². The number of aliphatic hydroxyl groups is 1. The van der Waals surface area contributed by atoms with Gasteiger partial charge in [0.2, 0.25) is 0 Å². The van der Waals surface area contributed by atoms with Crippen molar-refractivity contribution in [3.8, 4) is 11.5 Å². The van der Waals surface area contributed by atoms with Crippen LogP contribution < -0.4 is 20.7 Å². The number of amides is 2. The molecule has 0 bridgehead atoms. The number of likely N-dealkylation sites (tertiary alicyclic amines) is 1. The molecule has 5 N–H and O–H groups in total. The van der Waals surface area contributed by atoms with Crippen LogP contribution >= 0.6 is 0 Å². The average Bonchev–Trinajstić information content (AvgIpc) is 2.83. The number of hydrogen-bond acceptors (Lipinski definition) is 6. The highest BCUT2D eigenvalue weighted by atomic mass is 16.5. The lowest BCUT2D eigenvalue weighted by Gasteiger charge is -2.32. The zero-order chi connectivity index (χ0) is 23.5. The van der Waals surface area contributed by atoms with Gasteiger partial charge in [0.05, 0.1) is 0 Å². The van der Waals surface area contributed by atoms with Crippen LogP contribution in [0, 0.1) is 0 Å². The van der Waals surface area contributed by atoms with Crippen LogP contribution in [0.15, 0.2) is 48.5 Å². The molecule has 3 rings (SSSR count). The molecular weight excluding hydrogens is 420 g/mol. The molecule has 0 saturated carbocycles. The maximum atomic E-state index is 11.9. The molecule has 33 heavy (non-hydrogen) atoms. The fourth-order valence-electron chi connectivity index (χ4n) is 3.79. The molecule has 0 aromatic heterocycles. The van der Waals surface area contributed by atoms with Crippen LogP contribution in [-0.4, -0.2) is 72.6 Å². The van der Waals surface area contributed by atoms with Gasteiger partial charge in [-0.3, -0.25) is 0 Å². The van der Waals surface area contributed by atoms with Gasteiger partial charge in [-0.15, -0.1) is 0 Å². The number of anilines is 1. The molecule has 2 aromatic rings. The Bertz CT molecular complexity index is 836. The summed E-state index contributed by atoms with van der Waals surface area (Å²) >= 11 is 0. The summed E-state index contributed by atoms with van der Waals surface area (Å²) in [6.07, 6.45) is 2.16. The van der Waals surface area contributed by atoms with Crippen molar-refractivity contribution < 1.29 is 19.7 Å². The molecule has 0 unspecified atom stereocenters. The third-order valence-electron chi connectivity index (χ3n) is 5.68. The Kier molecular flexibility index (Phi) is 9.65. The first-order valence-electron chi connectivity index (χ1n) is 11.7. The zero-order valence-corrected chi connectivity index (χ0v) is 19.3. The van der Waals surface area contributed by atoms with Crippen molar-refractivity contribution in [3.63, 3.8) is 0 Å². The number of carbonyl (C=O) groups is 1. The van der Waals surface area contributed by atoms with E-state index in [2.05, 4.69) is 40.2 Å². The highest BCUT2D eigenvalue weighted by Crippen LogP contribution is 2.18. The molecule has 0 aliphatic carbocycles. The van der Waals surface area contributed by atoms with Crippen molar-refractivity contribution in [1.29, 1.82) is 0 Å². The summed E-state index contributed by atoms with van der Waals surface area (Å²) in [5.41, 5.74) is 2.33. The van der Waals surface area contributed by atoms with Crippen LogP contribution in [0.4, 0.5) is 10.5 Å². The molecule has 8 nitrogen and oxygen atoms in total. The first-order valence-corrected chi connectivity index (χ1v) is 11.7. The zero-order valence-electron chi connectivity index (χ0n) is 19.3. The van der Waals surface area contributed by atoms with E-state index in [1.807, 2.05) is 11.8 Å². The first-order chi connectivity index (χ1) is 16.0. The third-order valence-corrected chi connectivity index (χ3v) is 5.68. The lowest BCUT2D eigenvalue weighted by atomic mass is 10.0. The second-order valence-electron chi connectivity index (χ2n) is 8.35. The maximum Gasteiger partial charge on any atom is 0.317 e. The Morgan fingerprint density at radius 1 is 1.12 bits per heavy atom. The van der Waals surface area contributed by atoms with E-state index in [1.165, 1.54) is 5.56 Å². The molecule has 180 valence electrons. The summed E-state index contributed by atoms with van der Waals surface area (Å²) in [6, 6.07) is 15.3. The number of aliphatic hydroxyl groups excluding tert-OH is 1. The molecule has 1 saturated heterocycles. The van der Waals surface area contributed by atoms with E-state index in [9.17, 15) is 15.0 Å². The van der Waals surface area contributed by atoms with Crippen molar-refractivity contribution in [2.45, 2.75) is 38.3 Å². The number of nitrogens with zero attached hydrogens (tertiary/aromatic N) is 1. The fraction of sp³-hybridized carbons (Fsp3) is 0.480. The Morgan fingerprint density at radius 3 is 2.48 bits per heavy atom. The number of phenolic OH excluding ortho intramolecular Hbond substituents is 1. The minimum absolute atomic E-state index is 0.0336. The van der Waals surface area contributed by atoms with E-state index < -0.39 is 6.10 Å². The van der Waals surface area contributed by atoms with Crippen LogP contribution in [0.2, 0.25) is 0 Å². The molecule has 0 radical (unpaired) electrons. The van der Waals surface area contributed by atoms with Gasteiger partial charge in [0.1, 0.15) is 24.2 Å². The van der Waals surface area contributed by atoms with Gasteiger partial charge in [0, 0.05) is 37.9 Å². The number of urea groups is 1. The smallest absolute Gasteiger partial charge is 0.317 e. The maximum absolute atomic E-state index is 11.9. The summed E-state index contributed by atoms with van der Waals surface area (Å²) in [7, 11) is 0. The van der Waals surface area contributed by atoms with Crippen molar-refractivity contribution in [3.05, 3.63) is 54.1 Å². The van der Waals surface area contributed by atoms with Gasteiger partial charge in [-0.05, 0) is 74.7 Å². The normalized spacial score (nSPS) is 15.2. The van der Waals surface area contributed by atoms with Crippen molar-refractivity contribution >= 4 is 11.7 Å². The molecule has 2 amide bonds. The van der Waals surface area contributed by atoms with E-state index >= 15 is 0 Å². The summed E-state index contributed by atoms with van der Waals surface area (Å²) in [6.45, 7) is 5.56. The average molecular weight is 457 g/mol. The topological polar surface area (TPSA) is 106 Å². The molecule has 1 fully saturated rings. The molecule has 2 aromatic carbocycles. The lowest BCUT2D eigenvalue weighted by molar-refractivity contribution is 0.106. The van der Waals surface area contributed by atoms with Crippen molar-refractivity contribution in [2.24, 2.45) is 0 Å². The minimum atomic E-state index is -0.607. The molecule has 1 aliphatic rings. The molecular formula is C25H36N4O4. The Labute approximate surface area is 195 Å². The second-order valence-corrected chi connectivity index (χ2v) is 8.35. The van der Waals surface area contributed by atoms with Gasteiger partial charge < -0.3 is 35.8 Å². The van der Waals surface area contributed by atoms with Gasteiger partial charge in [-0.1, -0.05) is 12.1 Å². The Morgan fingerprint density at radius 2 is 1.82 bits per heavy atom. The number of carbonyl (C=O) groups excluding carboxylic acids is 1. The number of rotatable bonds is 11. The summed E-state index contributed by atoms with van der Waals surface area (Å²) in [5.74, 6) is 0.806. The number of hydrogen-bond donors (Lipinski definition) is 5. The van der Waals surface area contributed by atoms with Crippen LogP contribution in [0.5, 0.6) is 11.5 Å². The predicted molar refractivity (Wildman–Crippen MR) is 130 cm³/mol. The fourth-order valence-corrected chi connectivity index (χ4v) is 3.79. The van der Waals surface area contributed by atoms with Crippen LogP contribution in [0.1, 0.15) is 25.3 Å². The summed E-state index contributed by atoms with van der Waals surface area (Å²) in [4.78, 5) is 13.8. The van der Waals surface area contributed by atoms with E-state index in [0.29, 0.717) is 24.9 Å². The number of piperidine rings is 1. The van der Waals surface area contributed by atoms with Gasteiger partial charge in [0.15, 0.2) is 0 Å². The largest absolute Gasteiger partial charge is 0.508 e. The number of ether oxygens (including phenoxy) is 1. The molecule has 8 heteroatoms. The predicted octanol–water partition coefficient (Wildman–Crippen LogP) is 2.57. The standard InChI is InChI=1S/C25H36N4O4/c1-2-27-25(32)29-15-12-21(13-16-29)28-20-5-3-19(4-6-20)11-14-26-17-23(31)18-33-24-9-7-22(30)8-10-24/h3-10,21,23,26,28,30-31H,2,11-18H2,1H3,(H,27,32)/t23-/m0/s1. The quantitative estimate of drug-likeness (QED) is 0.333.